The average molecular weight is 154 g/mol. The minimum Gasteiger partial charge on any atom is -0.462 e. The van der Waals surface area contributed by atoms with Crippen molar-refractivity contribution >= 4 is 5.97 Å². The lowest BCUT2D eigenvalue weighted by atomic mass is 9.98. The molecule has 1 atom stereocenters. The van der Waals surface area contributed by atoms with Gasteiger partial charge in [0.1, 0.15) is 6.10 Å². The molecule has 0 radical (unpaired) electrons. The molecular weight excluding hydrogens is 140 g/mol. The molecule has 0 saturated carbocycles. The predicted molar refractivity (Wildman–Crippen MR) is 43.2 cm³/mol. The number of esters is 1. The van der Waals surface area contributed by atoms with E-state index in [-0.39, 0.29) is 12.1 Å². The molecule has 0 unspecified atom stereocenters. The van der Waals surface area contributed by atoms with E-state index in [2.05, 4.69) is 13.0 Å². The minimum atomic E-state index is -0.164. The highest BCUT2D eigenvalue weighted by molar-refractivity contribution is 5.66. The van der Waals surface area contributed by atoms with Crippen molar-refractivity contribution in [3.05, 3.63) is 11.6 Å². The van der Waals surface area contributed by atoms with Crippen LogP contribution in [0.15, 0.2) is 11.6 Å². The summed E-state index contributed by atoms with van der Waals surface area (Å²) in [5, 5.41) is 0. The minimum absolute atomic E-state index is 0.135. The molecule has 0 aromatic rings. The molecule has 2 nitrogen and oxygen atoms in total. The van der Waals surface area contributed by atoms with Crippen LogP contribution < -0.4 is 0 Å². The second kappa shape index (κ2) is 3.56. The van der Waals surface area contributed by atoms with E-state index in [4.69, 9.17) is 4.74 Å². The van der Waals surface area contributed by atoms with Crippen molar-refractivity contribution in [3.8, 4) is 0 Å². The molecule has 1 aliphatic rings. The van der Waals surface area contributed by atoms with Gasteiger partial charge in [-0.1, -0.05) is 11.6 Å². The lowest BCUT2D eigenvalue weighted by Gasteiger charge is -2.19. The van der Waals surface area contributed by atoms with Crippen LogP contribution >= 0.6 is 0 Å². The molecule has 0 saturated heterocycles. The SMILES string of the molecule is CC(=O)O[C@@H]1CC=C(C)CC1. The van der Waals surface area contributed by atoms with Gasteiger partial charge in [-0.3, -0.25) is 4.79 Å². The fourth-order valence-corrected chi connectivity index (χ4v) is 1.28. The summed E-state index contributed by atoms with van der Waals surface area (Å²) in [5.74, 6) is -0.164. The quantitative estimate of drug-likeness (QED) is 0.427. The van der Waals surface area contributed by atoms with E-state index in [1.807, 2.05) is 0 Å². The van der Waals surface area contributed by atoms with E-state index in [9.17, 15) is 4.79 Å². The Morgan fingerprint density at radius 3 is 2.91 bits per heavy atom. The zero-order valence-electron chi connectivity index (χ0n) is 7.09. The Hall–Kier alpha value is -0.790. The van der Waals surface area contributed by atoms with E-state index >= 15 is 0 Å². The van der Waals surface area contributed by atoms with Gasteiger partial charge in [-0.05, 0) is 19.8 Å². The number of rotatable bonds is 1. The van der Waals surface area contributed by atoms with E-state index < -0.39 is 0 Å². The van der Waals surface area contributed by atoms with E-state index in [0.29, 0.717) is 0 Å². The average Bonchev–Trinajstić information content (AvgIpc) is 1.93. The van der Waals surface area contributed by atoms with Crippen LogP contribution in [0.2, 0.25) is 0 Å². The van der Waals surface area contributed by atoms with Crippen molar-refractivity contribution in [2.24, 2.45) is 0 Å². The van der Waals surface area contributed by atoms with Crippen molar-refractivity contribution in [3.63, 3.8) is 0 Å². The summed E-state index contributed by atoms with van der Waals surface area (Å²) >= 11 is 0. The molecule has 0 heterocycles. The number of carbonyl (C=O) groups excluding carboxylic acids is 1. The van der Waals surface area contributed by atoms with Crippen LogP contribution in [0.1, 0.15) is 33.1 Å². The normalized spacial score (nSPS) is 24.2. The van der Waals surface area contributed by atoms with Gasteiger partial charge in [0.05, 0.1) is 0 Å². The molecular formula is C9H14O2. The first-order valence-electron chi connectivity index (χ1n) is 4.01. The maximum Gasteiger partial charge on any atom is 0.302 e. The topological polar surface area (TPSA) is 26.3 Å². The van der Waals surface area contributed by atoms with Gasteiger partial charge in [0.25, 0.3) is 0 Å². The fourth-order valence-electron chi connectivity index (χ4n) is 1.28. The molecule has 62 valence electrons. The van der Waals surface area contributed by atoms with Gasteiger partial charge in [-0.25, -0.2) is 0 Å². The molecule has 0 aliphatic heterocycles. The van der Waals surface area contributed by atoms with Crippen LogP contribution in [-0.4, -0.2) is 12.1 Å². The van der Waals surface area contributed by atoms with Crippen molar-refractivity contribution < 1.29 is 9.53 Å². The highest BCUT2D eigenvalue weighted by Gasteiger charge is 2.14. The third-order valence-corrected chi connectivity index (χ3v) is 1.92. The zero-order valence-corrected chi connectivity index (χ0v) is 7.09. The zero-order chi connectivity index (χ0) is 8.27. The highest BCUT2D eigenvalue weighted by atomic mass is 16.5. The first kappa shape index (κ1) is 8.31. The smallest absolute Gasteiger partial charge is 0.302 e. The van der Waals surface area contributed by atoms with Gasteiger partial charge in [0.15, 0.2) is 0 Å². The number of allylic oxidation sites excluding steroid dienone is 1. The fraction of sp³-hybridized carbons (Fsp3) is 0.667. The standard InChI is InChI=1S/C9H14O2/c1-7-3-5-9(6-4-7)11-8(2)10/h3,9H,4-6H2,1-2H3/t9-/m1/s1. The molecule has 0 bridgehead atoms. The summed E-state index contributed by atoms with van der Waals surface area (Å²) in [6, 6.07) is 0. The van der Waals surface area contributed by atoms with Gasteiger partial charge in [-0.2, -0.15) is 0 Å². The number of ether oxygens (including phenoxy) is 1. The van der Waals surface area contributed by atoms with Crippen molar-refractivity contribution in [1.29, 1.82) is 0 Å². The van der Waals surface area contributed by atoms with Crippen molar-refractivity contribution in [1.82, 2.24) is 0 Å². The Kier molecular flexibility index (Phi) is 2.69. The Labute approximate surface area is 67.2 Å². The van der Waals surface area contributed by atoms with Crippen molar-refractivity contribution in [2.45, 2.75) is 39.2 Å². The summed E-state index contributed by atoms with van der Waals surface area (Å²) in [4.78, 5) is 10.6. The third-order valence-electron chi connectivity index (χ3n) is 1.92. The highest BCUT2D eigenvalue weighted by Crippen LogP contribution is 2.19. The van der Waals surface area contributed by atoms with E-state index in [1.54, 1.807) is 0 Å². The second-order valence-corrected chi connectivity index (χ2v) is 3.06. The van der Waals surface area contributed by atoms with Gasteiger partial charge < -0.3 is 4.74 Å². The molecule has 0 N–H and O–H groups in total. The van der Waals surface area contributed by atoms with Gasteiger partial charge in [0, 0.05) is 13.3 Å². The van der Waals surface area contributed by atoms with Crippen LogP contribution in [0.5, 0.6) is 0 Å². The van der Waals surface area contributed by atoms with Crippen LogP contribution in [0.4, 0.5) is 0 Å². The molecule has 0 spiro atoms. The number of hydrogen-bond donors (Lipinski definition) is 0. The molecule has 0 amide bonds. The Morgan fingerprint density at radius 2 is 2.45 bits per heavy atom. The summed E-state index contributed by atoms with van der Waals surface area (Å²) in [7, 11) is 0. The Bertz CT molecular complexity index is 182. The summed E-state index contributed by atoms with van der Waals surface area (Å²) in [5.41, 5.74) is 1.41. The Morgan fingerprint density at radius 1 is 1.73 bits per heavy atom. The Balaban J connectivity index is 2.35. The van der Waals surface area contributed by atoms with Crippen LogP contribution in [0.3, 0.4) is 0 Å². The number of carbonyl (C=O) groups is 1. The van der Waals surface area contributed by atoms with Crippen LogP contribution in [0, 0.1) is 0 Å². The predicted octanol–water partition coefficient (Wildman–Crippen LogP) is 2.05. The molecule has 0 aromatic carbocycles. The van der Waals surface area contributed by atoms with Gasteiger partial charge >= 0.3 is 5.97 Å². The second-order valence-electron chi connectivity index (χ2n) is 3.06. The van der Waals surface area contributed by atoms with Gasteiger partial charge in [-0.15, -0.1) is 0 Å². The third kappa shape index (κ3) is 2.74. The van der Waals surface area contributed by atoms with Crippen LogP contribution in [0.25, 0.3) is 0 Å². The van der Waals surface area contributed by atoms with Gasteiger partial charge in [0.2, 0.25) is 0 Å². The molecule has 0 fully saturated rings. The van der Waals surface area contributed by atoms with E-state index in [0.717, 1.165) is 19.3 Å². The first-order chi connectivity index (χ1) is 5.18. The summed E-state index contributed by atoms with van der Waals surface area (Å²) in [6.07, 6.45) is 5.23. The monoisotopic (exact) mass is 154 g/mol. The lowest BCUT2D eigenvalue weighted by molar-refractivity contribution is -0.146. The maximum atomic E-state index is 10.6. The molecule has 1 rings (SSSR count). The number of hydrogen-bond acceptors (Lipinski definition) is 2. The molecule has 2 heteroatoms. The summed E-state index contributed by atoms with van der Waals surface area (Å²) < 4.78 is 5.06. The van der Waals surface area contributed by atoms with E-state index in [1.165, 1.54) is 12.5 Å². The largest absolute Gasteiger partial charge is 0.462 e. The van der Waals surface area contributed by atoms with Crippen molar-refractivity contribution in [2.75, 3.05) is 0 Å². The lowest BCUT2D eigenvalue weighted by Crippen LogP contribution is -2.17. The molecule has 0 aromatic heterocycles. The maximum absolute atomic E-state index is 10.6. The first-order valence-corrected chi connectivity index (χ1v) is 4.01. The summed E-state index contributed by atoms with van der Waals surface area (Å²) in [6.45, 7) is 3.58. The molecule has 11 heavy (non-hydrogen) atoms. The molecule has 1 aliphatic carbocycles. The van der Waals surface area contributed by atoms with Crippen LogP contribution in [-0.2, 0) is 9.53 Å².